The van der Waals surface area contributed by atoms with Gasteiger partial charge in [0.1, 0.15) is 0 Å². The molecule has 11 heteroatoms. The molecule has 0 aliphatic rings. The average molecular weight is 522 g/mol. The fraction of sp³-hybridized carbons (Fsp3) is 0.562. The van der Waals surface area contributed by atoms with Crippen molar-refractivity contribution in [2.45, 2.75) is 39.0 Å². The number of hydrogen-bond acceptors (Lipinski definition) is 3. The van der Waals surface area contributed by atoms with Crippen molar-refractivity contribution in [3.8, 4) is 0 Å². The summed E-state index contributed by atoms with van der Waals surface area (Å²) in [6.45, 7) is 6.11. The molecule has 0 bridgehead atoms. The topological polar surface area (TPSA) is 82.6 Å². The zero-order chi connectivity index (χ0) is 20.0. The summed E-state index contributed by atoms with van der Waals surface area (Å²) in [6.07, 6.45) is -3.33. The minimum absolute atomic E-state index is 0. The molecule has 1 aromatic carbocycles. The molecule has 0 saturated heterocycles. The summed E-state index contributed by atoms with van der Waals surface area (Å²) in [5.41, 5.74) is -1.06. The average Bonchev–Trinajstić information content (AvgIpc) is 2.47. The number of alkyl halides is 3. The van der Waals surface area contributed by atoms with Gasteiger partial charge in [0, 0.05) is 18.6 Å². The Balaban J connectivity index is 0.00000676. The van der Waals surface area contributed by atoms with Gasteiger partial charge in [-0.2, -0.15) is 13.2 Å². The number of guanidine groups is 1. The molecule has 0 heterocycles. The van der Waals surface area contributed by atoms with Crippen LogP contribution in [-0.2, 0) is 22.7 Å². The van der Waals surface area contributed by atoms with E-state index in [0.717, 1.165) is 18.4 Å². The number of rotatable bonds is 7. The standard InChI is InChI=1S/C16H25F3N4O2S.HI/c1-5-20-14(22-11-15(2,3)23-26(4,24)25)21-10-12-7-6-8-13(9-12)16(17,18)19;/h6-9,23H,5,10-11H2,1-4H3,(H2,20,21,22);1H. The van der Waals surface area contributed by atoms with Crippen molar-refractivity contribution in [1.82, 2.24) is 15.4 Å². The van der Waals surface area contributed by atoms with Gasteiger partial charge in [0.2, 0.25) is 10.0 Å². The van der Waals surface area contributed by atoms with Crippen molar-refractivity contribution in [3.05, 3.63) is 35.4 Å². The van der Waals surface area contributed by atoms with Crippen LogP contribution in [0, 0.1) is 0 Å². The number of nitrogens with zero attached hydrogens (tertiary/aromatic N) is 1. The monoisotopic (exact) mass is 522 g/mol. The molecule has 27 heavy (non-hydrogen) atoms. The number of halogens is 4. The van der Waals surface area contributed by atoms with Crippen LogP contribution in [0.25, 0.3) is 0 Å². The molecule has 156 valence electrons. The van der Waals surface area contributed by atoms with Crippen LogP contribution in [0.3, 0.4) is 0 Å². The predicted octanol–water partition coefficient (Wildman–Crippen LogP) is 2.71. The lowest BCUT2D eigenvalue weighted by Crippen LogP contribution is -2.53. The highest BCUT2D eigenvalue weighted by Crippen LogP contribution is 2.29. The van der Waals surface area contributed by atoms with Crippen LogP contribution in [0.15, 0.2) is 29.3 Å². The number of nitrogens with one attached hydrogen (secondary N) is 3. The van der Waals surface area contributed by atoms with Crippen LogP contribution in [0.4, 0.5) is 13.2 Å². The molecular formula is C16H26F3IN4O2S. The Morgan fingerprint density at radius 2 is 1.81 bits per heavy atom. The van der Waals surface area contributed by atoms with Gasteiger partial charge < -0.3 is 10.6 Å². The molecule has 0 unspecified atom stereocenters. The Morgan fingerprint density at radius 1 is 1.19 bits per heavy atom. The second kappa shape index (κ2) is 10.5. The van der Waals surface area contributed by atoms with Gasteiger partial charge in [-0.05, 0) is 38.5 Å². The van der Waals surface area contributed by atoms with E-state index in [1.54, 1.807) is 19.9 Å². The van der Waals surface area contributed by atoms with Gasteiger partial charge in [-0.1, -0.05) is 12.1 Å². The third kappa shape index (κ3) is 10.7. The maximum absolute atomic E-state index is 12.8. The van der Waals surface area contributed by atoms with E-state index in [2.05, 4.69) is 20.3 Å². The predicted molar refractivity (Wildman–Crippen MR) is 112 cm³/mol. The molecule has 3 N–H and O–H groups in total. The minimum atomic E-state index is -4.40. The van der Waals surface area contributed by atoms with E-state index in [1.807, 2.05) is 6.92 Å². The second-order valence-corrected chi connectivity index (χ2v) is 8.25. The van der Waals surface area contributed by atoms with Crippen molar-refractivity contribution >= 4 is 40.0 Å². The SMILES string of the molecule is CCNC(=NCc1cccc(C(F)(F)F)c1)NCC(C)(C)NS(C)(=O)=O.I. The number of sulfonamides is 1. The smallest absolute Gasteiger partial charge is 0.357 e. The summed E-state index contributed by atoms with van der Waals surface area (Å²) in [7, 11) is -3.37. The van der Waals surface area contributed by atoms with Crippen LogP contribution < -0.4 is 15.4 Å². The van der Waals surface area contributed by atoms with Gasteiger partial charge in [-0.3, -0.25) is 0 Å². The van der Waals surface area contributed by atoms with Gasteiger partial charge in [0.25, 0.3) is 0 Å². The fourth-order valence-corrected chi connectivity index (χ4v) is 3.28. The van der Waals surface area contributed by atoms with Gasteiger partial charge in [-0.15, -0.1) is 24.0 Å². The summed E-state index contributed by atoms with van der Waals surface area (Å²) in [5, 5.41) is 5.96. The summed E-state index contributed by atoms with van der Waals surface area (Å²) >= 11 is 0. The molecule has 6 nitrogen and oxygen atoms in total. The van der Waals surface area contributed by atoms with Crippen LogP contribution in [0.5, 0.6) is 0 Å². The lowest BCUT2D eigenvalue weighted by Gasteiger charge is -2.26. The molecule has 1 aromatic rings. The molecule has 0 aromatic heterocycles. The quantitative estimate of drug-likeness (QED) is 0.292. The molecule has 0 amide bonds. The summed E-state index contributed by atoms with van der Waals surface area (Å²) in [4.78, 5) is 4.26. The highest BCUT2D eigenvalue weighted by molar-refractivity contribution is 14.0. The summed E-state index contributed by atoms with van der Waals surface area (Å²) in [5.74, 6) is 0.383. The Kier molecular flexibility index (Phi) is 10.0. The van der Waals surface area contributed by atoms with E-state index in [1.165, 1.54) is 6.07 Å². The third-order valence-corrected chi connectivity index (χ3v) is 4.10. The molecule has 0 spiro atoms. The Labute approximate surface area is 175 Å². The highest BCUT2D eigenvalue weighted by Gasteiger charge is 2.30. The molecule has 0 aliphatic carbocycles. The van der Waals surface area contributed by atoms with Crippen molar-refractivity contribution < 1.29 is 21.6 Å². The van der Waals surface area contributed by atoms with Gasteiger partial charge >= 0.3 is 6.18 Å². The van der Waals surface area contributed by atoms with Gasteiger partial charge in [-0.25, -0.2) is 18.1 Å². The Hall–Kier alpha value is -1.08. The van der Waals surface area contributed by atoms with Gasteiger partial charge in [0.15, 0.2) is 5.96 Å². The molecule has 0 radical (unpaired) electrons. The zero-order valence-electron chi connectivity index (χ0n) is 15.6. The lowest BCUT2D eigenvalue weighted by molar-refractivity contribution is -0.137. The normalized spacial score (nSPS) is 13.1. The largest absolute Gasteiger partial charge is 0.416 e. The summed E-state index contributed by atoms with van der Waals surface area (Å²) < 4.78 is 63.5. The van der Waals surface area contributed by atoms with Crippen LogP contribution in [0.1, 0.15) is 31.9 Å². The number of benzene rings is 1. The van der Waals surface area contributed by atoms with Crippen molar-refractivity contribution in [2.24, 2.45) is 4.99 Å². The molecule has 0 aliphatic heterocycles. The van der Waals surface area contributed by atoms with Crippen LogP contribution in [0.2, 0.25) is 0 Å². The molecule has 0 atom stereocenters. The molecular weight excluding hydrogens is 496 g/mol. The van der Waals surface area contributed by atoms with E-state index < -0.39 is 27.3 Å². The maximum Gasteiger partial charge on any atom is 0.416 e. The first-order valence-corrected chi connectivity index (χ1v) is 9.89. The maximum atomic E-state index is 12.8. The first-order valence-electron chi connectivity index (χ1n) is 8.00. The van der Waals surface area contributed by atoms with Crippen LogP contribution in [-0.4, -0.2) is 39.3 Å². The van der Waals surface area contributed by atoms with Crippen molar-refractivity contribution in [1.29, 1.82) is 0 Å². The molecule has 0 fully saturated rings. The van der Waals surface area contributed by atoms with Crippen LogP contribution >= 0.6 is 24.0 Å². The van der Waals surface area contributed by atoms with E-state index >= 15 is 0 Å². The lowest BCUT2D eigenvalue weighted by atomic mass is 10.1. The third-order valence-electron chi connectivity index (χ3n) is 3.18. The van der Waals surface area contributed by atoms with E-state index in [4.69, 9.17) is 0 Å². The number of hydrogen-bond donors (Lipinski definition) is 3. The zero-order valence-corrected chi connectivity index (χ0v) is 18.8. The van der Waals surface area contributed by atoms with E-state index in [-0.39, 0.29) is 37.1 Å². The molecule has 1 rings (SSSR count). The summed E-state index contributed by atoms with van der Waals surface area (Å²) in [6, 6.07) is 4.98. The first-order chi connectivity index (χ1) is 11.8. The first kappa shape index (κ1) is 25.9. The minimum Gasteiger partial charge on any atom is -0.357 e. The Morgan fingerprint density at radius 3 is 2.33 bits per heavy atom. The number of aliphatic imine (C=N–C) groups is 1. The van der Waals surface area contributed by atoms with Crippen molar-refractivity contribution in [3.63, 3.8) is 0 Å². The van der Waals surface area contributed by atoms with Crippen molar-refractivity contribution in [2.75, 3.05) is 19.3 Å². The molecule has 0 saturated carbocycles. The van der Waals surface area contributed by atoms with E-state index in [0.29, 0.717) is 18.1 Å². The fourth-order valence-electron chi connectivity index (χ4n) is 2.20. The highest BCUT2D eigenvalue weighted by atomic mass is 127. The second-order valence-electron chi connectivity index (χ2n) is 6.50. The Bertz CT molecular complexity index is 737. The van der Waals surface area contributed by atoms with Gasteiger partial charge in [0.05, 0.1) is 18.4 Å². The van der Waals surface area contributed by atoms with E-state index in [9.17, 15) is 21.6 Å².